The molecule has 1 N–H and O–H groups in total. The van der Waals surface area contributed by atoms with Gasteiger partial charge in [0.2, 0.25) is 0 Å². The molecule has 1 saturated carbocycles. The number of piperidine rings is 1. The summed E-state index contributed by atoms with van der Waals surface area (Å²) in [5, 5.41) is 2.60. The van der Waals surface area contributed by atoms with E-state index in [2.05, 4.69) is 5.32 Å². The zero-order valence-corrected chi connectivity index (χ0v) is 24.8. The molecule has 3 rings (SSSR count). The number of nitrogens with zero attached hydrogens (tertiary/aromatic N) is 1. The molecule has 0 spiro atoms. The fraction of sp³-hybridized carbons (Fsp3) is 0.700. The highest BCUT2D eigenvalue weighted by Crippen LogP contribution is 2.28. The zero-order valence-electron chi connectivity index (χ0n) is 24.8. The fourth-order valence-corrected chi connectivity index (χ4v) is 4.93. The van der Waals surface area contributed by atoms with Crippen LogP contribution >= 0.6 is 0 Å². The van der Waals surface area contributed by atoms with Crippen molar-refractivity contribution in [2.75, 3.05) is 20.2 Å². The van der Waals surface area contributed by atoms with E-state index in [0.29, 0.717) is 13.1 Å². The molecule has 10 nitrogen and oxygen atoms in total. The van der Waals surface area contributed by atoms with Crippen molar-refractivity contribution in [3.05, 3.63) is 29.8 Å². The quantitative estimate of drug-likeness (QED) is 0.330. The molecule has 1 atom stereocenters. The molecule has 1 aliphatic carbocycles. The molecule has 10 heteroatoms. The van der Waals surface area contributed by atoms with Gasteiger partial charge in [-0.25, -0.2) is 14.4 Å². The van der Waals surface area contributed by atoms with Crippen LogP contribution in [0.2, 0.25) is 0 Å². The summed E-state index contributed by atoms with van der Waals surface area (Å²) >= 11 is 0. The Bertz CT molecular complexity index is 959. The molecule has 1 aromatic rings. The largest absolute Gasteiger partial charge is 0.490 e. The van der Waals surface area contributed by atoms with Gasteiger partial charge in [-0.15, -0.1) is 0 Å². The number of hydrogen-bond donors (Lipinski definition) is 1. The van der Waals surface area contributed by atoms with Crippen LogP contribution in [0.15, 0.2) is 24.3 Å². The van der Waals surface area contributed by atoms with Crippen LogP contribution in [-0.2, 0) is 30.2 Å². The first kappa shape index (κ1) is 31.5. The Kier molecular flexibility index (Phi) is 11.5. The second-order valence-electron chi connectivity index (χ2n) is 11.8. The Hall–Kier alpha value is -3.01. The summed E-state index contributed by atoms with van der Waals surface area (Å²) in [5.41, 5.74) is 0.191. The van der Waals surface area contributed by atoms with E-state index in [1.165, 1.54) is 7.11 Å². The summed E-state index contributed by atoms with van der Waals surface area (Å²) in [4.78, 5) is 38.3. The number of benzene rings is 1. The van der Waals surface area contributed by atoms with Gasteiger partial charge in [0.1, 0.15) is 17.4 Å². The summed E-state index contributed by atoms with van der Waals surface area (Å²) < 4.78 is 28.0. The first-order chi connectivity index (χ1) is 18.9. The lowest BCUT2D eigenvalue weighted by Gasteiger charge is -2.36. The van der Waals surface area contributed by atoms with Gasteiger partial charge in [0.05, 0.1) is 31.5 Å². The van der Waals surface area contributed by atoms with Crippen LogP contribution in [-0.4, -0.2) is 79.3 Å². The maximum atomic E-state index is 12.2. The van der Waals surface area contributed by atoms with Crippen molar-refractivity contribution in [1.82, 2.24) is 10.2 Å². The Morgan fingerprint density at radius 2 is 1.50 bits per heavy atom. The number of carbonyl (C=O) groups excluding carboxylic acids is 3. The normalized spacial score (nSPS) is 20.9. The molecule has 224 valence electrons. The molecule has 1 heterocycles. The van der Waals surface area contributed by atoms with Gasteiger partial charge in [-0.05, 0) is 90.8 Å². The number of nitrogens with one attached hydrogen (secondary N) is 1. The van der Waals surface area contributed by atoms with Gasteiger partial charge in [-0.2, -0.15) is 0 Å². The van der Waals surface area contributed by atoms with E-state index >= 15 is 0 Å². The van der Waals surface area contributed by atoms with E-state index < -0.39 is 23.7 Å². The molecular weight excluding hydrogens is 516 g/mol. The molecule has 1 saturated heterocycles. The van der Waals surface area contributed by atoms with Gasteiger partial charge < -0.3 is 33.9 Å². The van der Waals surface area contributed by atoms with Crippen LogP contribution < -0.4 is 10.1 Å². The lowest BCUT2D eigenvalue weighted by molar-refractivity contribution is -0.143. The van der Waals surface area contributed by atoms with Gasteiger partial charge in [-0.1, -0.05) is 12.1 Å². The molecule has 40 heavy (non-hydrogen) atoms. The summed E-state index contributed by atoms with van der Waals surface area (Å²) in [7, 11) is 1.29. The van der Waals surface area contributed by atoms with Crippen molar-refractivity contribution in [3.63, 3.8) is 0 Å². The third-order valence-corrected chi connectivity index (χ3v) is 6.89. The number of likely N-dealkylation sites (tertiary alicyclic amines) is 1. The minimum absolute atomic E-state index is 0.108. The maximum absolute atomic E-state index is 12.2. The van der Waals surface area contributed by atoms with Crippen molar-refractivity contribution >= 4 is 18.2 Å². The van der Waals surface area contributed by atoms with E-state index in [1.54, 1.807) is 25.7 Å². The SMILES string of the molecule is COC(=O)[C@@H](Cc1ccc(OC2CCC(OC3CCN(C(=O)OC(C)C)CC3)CC2)cc1)NC(=O)OC(C)(C)C. The molecule has 0 unspecified atom stereocenters. The number of carbonyl (C=O) groups is 3. The predicted molar refractivity (Wildman–Crippen MR) is 149 cm³/mol. The smallest absolute Gasteiger partial charge is 0.410 e. The van der Waals surface area contributed by atoms with Gasteiger partial charge >= 0.3 is 18.2 Å². The first-order valence-corrected chi connectivity index (χ1v) is 14.4. The van der Waals surface area contributed by atoms with Gasteiger partial charge in [-0.3, -0.25) is 0 Å². The van der Waals surface area contributed by atoms with Crippen molar-refractivity contribution in [3.8, 4) is 5.75 Å². The molecule has 2 fully saturated rings. The van der Waals surface area contributed by atoms with Crippen LogP contribution in [0.25, 0.3) is 0 Å². The molecule has 1 aromatic carbocycles. The van der Waals surface area contributed by atoms with E-state index in [1.807, 2.05) is 38.1 Å². The molecule has 0 radical (unpaired) electrons. The minimum atomic E-state index is -0.858. The summed E-state index contributed by atoms with van der Waals surface area (Å²) in [6, 6.07) is 6.69. The number of rotatable bonds is 9. The van der Waals surface area contributed by atoms with Gasteiger partial charge in [0.15, 0.2) is 0 Å². The van der Waals surface area contributed by atoms with Crippen LogP contribution in [0.5, 0.6) is 5.75 Å². The Balaban J connectivity index is 1.40. The second kappa shape index (κ2) is 14.6. The number of ether oxygens (including phenoxy) is 5. The minimum Gasteiger partial charge on any atom is -0.490 e. The third kappa shape index (κ3) is 10.5. The summed E-state index contributed by atoms with van der Waals surface area (Å²) in [6.07, 6.45) is 5.15. The Morgan fingerprint density at radius 3 is 2.05 bits per heavy atom. The molecule has 2 amide bonds. The molecule has 0 aromatic heterocycles. The van der Waals surface area contributed by atoms with Crippen LogP contribution in [0.1, 0.15) is 78.7 Å². The van der Waals surface area contributed by atoms with E-state index in [0.717, 1.165) is 49.8 Å². The maximum Gasteiger partial charge on any atom is 0.410 e. The number of amides is 2. The molecular formula is C30H46N2O8. The predicted octanol–water partition coefficient (Wildman–Crippen LogP) is 5.01. The van der Waals surface area contributed by atoms with E-state index in [4.69, 9.17) is 23.7 Å². The van der Waals surface area contributed by atoms with Gasteiger partial charge in [0.25, 0.3) is 0 Å². The molecule has 0 bridgehead atoms. The second-order valence-corrected chi connectivity index (χ2v) is 11.8. The van der Waals surface area contributed by atoms with E-state index in [-0.39, 0.29) is 36.9 Å². The van der Waals surface area contributed by atoms with Gasteiger partial charge in [0, 0.05) is 19.5 Å². The average molecular weight is 563 g/mol. The Labute approximate surface area is 238 Å². The number of methoxy groups -OCH3 is 1. The fourth-order valence-electron chi connectivity index (χ4n) is 4.93. The van der Waals surface area contributed by atoms with Crippen LogP contribution in [0.3, 0.4) is 0 Å². The average Bonchev–Trinajstić information content (AvgIpc) is 2.89. The number of hydrogen-bond acceptors (Lipinski definition) is 8. The summed E-state index contributed by atoms with van der Waals surface area (Å²) in [6.45, 7) is 10.3. The van der Waals surface area contributed by atoms with E-state index in [9.17, 15) is 14.4 Å². The van der Waals surface area contributed by atoms with Crippen LogP contribution in [0, 0.1) is 0 Å². The van der Waals surface area contributed by atoms with Crippen molar-refractivity contribution in [1.29, 1.82) is 0 Å². The highest BCUT2D eigenvalue weighted by Gasteiger charge is 2.30. The van der Waals surface area contributed by atoms with Crippen molar-refractivity contribution in [2.45, 2.75) is 116 Å². The monoisotopic (exact) mass is 562 g/mol. The molecule has 2 aliphatic rings. The van der Waals surface area contributed by atoms with Crippen molar-refractivity contribution in [2.24, 2.45) is 0 Å². The topological polar surface area (TPSA) is 113 Å². The first-order valence-electron chi connectivity index (χ1n) is 14.4. The van der Waals surface area contributed by atoms with Crippen molar-refractivity contribution < 1.29 is 38.1 Å². The standard InChI is InChI=1S/C30H46N2O8/c1-20(2)37-29(35)32-17-15-25(16-18-32)39-24-13-11-23(12-14-24)38-22-9-7-21(8-10-22)19-26(27(33)36-6)31-28(34)40-30(3,4)5/h7-10,20,23-26H,11-19H2,1-6H3,(H,31,34)/t23?,24?,26-/m1/s1. The number of alkyl carbamates (subject to hydrolysis) is 1. The van der Waals surface area contributed by atoms with Crippen LogP contribution in [0.4, 0.5) is 9.59 Å². The zero-order chi connectivity index (χ0) is 29.3. The molecule has 1 aliphatic heterocycles. The Morgan fingerprint density at radius 1 is 0.925 bits per heavy atom. The highest BCUT2D eigenvalue weighted by atomic mass is 16.6. The third-order valence-electron chi connectivity index (χ3n) is 6.89. The summed E-state index contributed by atoms with van der Waals surface area (Å²) in [5.74, 6) is 0.229. The lowest BCUT2D eigenvalue weighted by atomic mass is 9.94. The highest BCUT2D eigenvalue weighted by molar-refractivity contribution is 5.81. The number of esters is 1. The lowest BCUT2D eigenvalue weighted by Crippen LogP contribution is -2.45.